The van der Waals surface area contributed by atoms with Crippen LogP contribution in [0.4, 0.5) is 0 Å². The number of amidine groups is 1. The third-order valence-corrected chi connectivity index (χ3v) is 2.07. The molecule has 0 heterocycles. The van der Waals surface area contributed by atoms with Gasteiger partial charge in [0.15, 0.2) is 0 Å². The predicted molar refractivity (Wildman–Crippen MR) is 56.4 cm³/mol. The van der Waals surface area contributed by atoms with E-state index < -0.39 is 0 Å². The molecule has 0 unspecified atom stereocenters. The van der Waals surface area contributed by atoms with E-state index >= 15 is 0 Å². The van der Waals surface area contributed by atoms with Gasteiger partial charge in [-0.15, -0.1) is 0 Å². The van der Waals surface area contributed by atoms with Gasteiger partial charge in [-0.1, -0.05) is 6.08 Å². The zero-order valence-corrected chi connectivity index (χ0v) is 8.09. The largest absolute Gasteiger partial charge is 0.404 e. The van der Waals surface area contributed by atoms with Crippen LogP contribution in [0.5, 0.6) is 0 Å². The van der Waals surface area contributed by atoms with E-state index in [4.69, 9.17) is 5.73 Å². The number of allylic oxidation sites excluding steroid dienone is 2. The molecule has 0 bridgehead atoms. The van der Waals surface area contributed by atoms with E-state index in [1.165, 1.54) is 31.2 Å². The molecule has 13 heavy (non-hydrogen) atoms. The number of rotatable bonds is 2. The Morgan fingerprint density at radius 2 is 2.46 bits per heavy atom. The number of nitrogens with two attached hydrogens (primary N) is 1. The maximum Gasteiger partial charge on any atom is 0.126 e. The molecule has 0 aromatic rings. The molecule has 0 saturated heterocycles. The van der Waals surface area contributed by atoms with Crippen molar-refractivity contribution in [3.8, 4) is 0 Å². The quantitative estimate of drug-likeness (QED) is 0.499. The molecule has 3 heteroatoms. The lowest BCUT2D eigenvalue weighted by Gasteiger charge is -2.14. The summed E-state index contributed by atoms with van der Waals surface area (Å²) in [6.45, 7) is 0. The third-order valence-electron chi connectivity index (χ3n) is 2.07. The molecule has 1 rings (SSSR count). The first kappa shape index (κ1) is 9.84. The Morgan fingerprint density at radius 1 is 1.62 bits per heavy atom. The van der Waals surface area contributed by atoms with E-state index in [2.05, 4.69) is 16.4 Å². The van der Waals surface area contributed by atoms with Crippen molar-refractivity contribution in [3.63, 3.8) is 0 Å². The Bertz CT molecular complexity index is 239. The van der Waals surface area contributed by atoms with Crippen molar-refractivity contribution in [1.29, 1.82) is 0 Å². The van der Waals surface area contributed by atoms with Crippen molar-refractivity contribution in [2.24, 2.45) is 10.7 Å². The van der Waals surface area contributed by atoms with Gasteiger partial charge in [-0.25, -0.2) is 0 Å². The molecule has 3 nitrogen and oxygen atoms in total. The van der Waals surface area contributed by atoms with Crippen LogP contribution in [0.15, 0.2) is 29.0 Å². The molecule has 0 amide bonds. The van der Waals surface area contributed by atoms with Crippen LogP contribution < -0.4 is 11.1 Å². The first-order valence-electron chi connectivity index (χ1n) is 4.68. The zero-order chi connectivity index (χ0) is 9.52. The van der Waals surface area contributed by atoms with E-state index in [1.807, 2.05) is 0 Å². The molecule has 0 spiro atoms. The Morgan fingerprint density at radius 3 is 3.00 bits per heavy atom. The van der Waals surface area contributed by atoms with Gasteiger partial charge in [0.1, 0.15) is 5.84 Å². The van der Waals surface area contributed by atoms with Gasteiger partial charge in [0.05, 0.1) is 0 Å². The Balaban J connectivity index is 2.50. The molecule has 0 aromatic carbocycles. The minimum atomic E-state index is 0.829. The van der Waals surface area contributed by atoms with Crippen molar-refractivity contribution in [3.05, 3.63) is 24.0 Å². The van der Waals surface area contributed by atoms with Crippen LogP contribution in [-0.4, -0.2) is 12.9 Å². The molecule has 0 fully saturated rings. The van der Waals surface area contributed by atoms with E-state index in [-0.39, 0.29) is 0 Å². The molecule has 0 atom stereocenters. The van der Waals surface area contributed by atoms with Gasteiger partial charge in [0.25, 0.3) is 0 Å². The summed E-state index contributed by atoms with van der Waals surface area (Å²) in [4.78, 5) is 4.07. The Labute approximate surface area is 79.4 Å². The molecule has 0 aliphatic heterocycles. The molecule has 1 aliphatic carbocycles. The lowest BCUT2D eigenvalue weighted by molar-refractivity contribution is 0.681. The summed E-state index contributed by atoms with van der Waals surface area (Å²) in [6.07, 6.45) is 10.4. The number of hydrogen-bond donors (Lipinski definition) is 2. The van der Waals surface area contributed by atoms with Gasteiger partial charge in [-0.2, -0.15) is 0 Å². The van der Waals surface area contributed by atoms with Gasteiger partial charge in [-0.05, 0) is 38.0 Å². The van der Waals surface area contributed by atoms with E-state index in [0.29, 0.717) is 0 Å². The maximum absolute atomic E-state index is 5.29. The van der Waals surface area contributed by atoms with Crippen LogP contribution in [0, 0.1) is 0 Å². The van der Waals surface area contributed by atoms with Gasteiger partial charge >= 0.3 is 0 Å². The number of nitrogens with one attached hydrogen (secondary N) is 1. The fraction of sp³-hybridized carbons (Fsp3) is 0.500. The third kappa shape index (κ3) is 3.32. The van der Waals surface area contributed by atoms with E-state index in [1.54, 1.807) is 13.1 Å². The van der Waals surface area contributed by atoms with Crippen LogP contribution in [0.25, 0.3) is 0 Å². The van der Waals surface area contributed by atoms with Crippen molar-refractivity contribution >= 4 is 5.84 Å². The number of hydrogen-bond acceptors (Lipinski definition) is 2. The molecule has 0 saturated carbocycles. The Kier molecular flexibility index (Phi) is 4.09. The van der Waals surface area contributed by atoms with E-state index in [9.17, 15) is 0 Å². The first-order valence-corrected chi connectivity index (χ1v) is 4.68. The zero-order valence-electron chi connectivity index (χ0n) is 8.09. The summed E-state index contributed by atoms with van der Waals surface area (Å²) < 4.78 is 0. The molecule has 3 N–H and O–H groups in total. The fourth-order valence-corrected chi connectivity index (χ4v) is 1.38. The maximum atomic E-state index is 5.29. The lowest BCUT2D eigenvalue weighted by Crippen LogP contribution is -2.22. The van der Waals surface area contributed by atoms with E-state index in [0.717, 1.165) is 12.3 Å². The highest BCUT2D eigenvalue weighted by atomic mass is 15.0. The van der Waals surface area contributed by atoms with Gasteiger partial charge in [0.2, 0.25) is 0 Å². The highest BCUT2D eigenvalue weighted by molar-refractivity contribution is 5.93. The average Bonchev–Trinajstić information content (AvgIpc) is 2.19. The minimum absolute atomic E-state index is 0.829. The van der Waals surface area contributed by atoms with Crippen LogP contribution in [-0.2, 0) is 0 Å². The summed E-state index contributed by atoms with van der Waals surface area (Å²) in [5.41, 5.74) is 6.56. The topological polar surface area (TPSA) is 50.4 Å². The molecule has 0 radical (unpaired) electrons. The smallest absolute Gasteiger partial charge is 0.126 e. The van der Waals surface area contributed by atoms with Crippen molar-refractivity contribution in [2.45, 2.75) is 25.7 Å². The molecule has 0 aromatic heterocycles. The highest BCUT2D eigenvalue weighted by Crippen LogP contribution is 2.14. The van der Waals surface area contributed by atoms with Crippen molar-refractivity contribution in [2.75, 3.05) is 7.05 Å². The molecule has 72 valence electrons. The summed E-state index contributed by atoms with van der Waals surface area (Å²) in [6, 6.07) is 0. The second-order valence-electron chi connectivity index (χ2n) is 3.07. The van der Waals surface area contributed by atoms with Crippen molar-refractivity contribution in [1.82, 2.24) is 5.32 Å². The predicted octanol–water partition coefficient (Wildman–Crippen LogP) is 1.53. The van der Waals surface area contributed by atoms with Gasteiger partial charge in [0, 0.05) is 12.7 Å². The summed E-state index contributed by atoms with van der Waals surface area (Å²) in [5, 5.41) is 3.25. The van der Waals surface area contributed by atoms with Gasteiger partial charge in [-0.3, -0.25) is 4.99 Å². The van der Waals surface area contributed by atoms with Crippen LogP contribution in [0.1, 0.15) is 25.7 Å². The Hall–Kier alpha value is -1.25. The normalized spacial score (nSPS) is 18.8. The standard InChI is InChI=1S/C10H17N3/c1-12-10(7-8-11)13-9-5-3-2-4-6-9/h5,7-8H,2-4,6,11H2,1H3,(H,12,13). The SMILES string of the molecule is CN=C(C=CN)NC1=CCCCC1. The van der Waals surface area contributed by atoms with Crippen LogP contribution >= 0.6 is 0 Å². The van der Waals surface area contributed by atoms with Crippen LogP contribution in [0.2, 0.25) is 0 Å². The second kappa shape index (κ2) is 5.41. The summed E-state index contributed by atoms with van der Waals surface area (Å²) in [5.74, 6) is 0.829. The minimum Gasteiger partial charge on any atom is -0.404 e. The average molecular weight is 179 g/mol. The first-order chi connectivity index (χ1) is 6.36. The number of nitrogens with zero attached hydrogens (tertiary/aromatic N) is 1. The van der Waals surface area contributed by atoms with Gasteiger partial charge < -0.3 is 11.1 Å². The number of aliphatic imine (C=N–C) groups is 1. The molecular weight excluding hydrogens is 162 g/mol. The fourth-order valence-electron chi connectivity index (χ4n) is 1.38. The van der Waals surface area contributed by atoms with Crippen LogP contribution in [0.3, 0.4) is 0 Å². The highest BCUT2D eigenvalue weighted by Gasteiger charge is 2.03. The second-order valence-corrected chi connectivity index (χ2v) is 3.07. The molecular formula is C10H17N3. The lowest BCUT2D eigenvalue weighted by atomic mass is 10.0. The molecule has 1 aliphatic rings. The monoisotopic (exact) mass is 179 g/mol. The van der Waals surface area contributed by atoms with Crippen molar-refractivity contribution < 1.29 is 0 Å². The summed E-state index contributed by atoms with van der Waals surface area (Å²) >= 11 is 0. The summed E-state index contributed by atoms with van der Waals surface area (Å²) in [7, 11) is 1.76.